The molecule has 1 aliphatic rings. The van der Waals surface area contributed by atoms with Gasteiger partial charge in [0.15, 0.2) is 0 Å². The summed E-state index contributed by atoms with van der Waals surface area (Å²) in [6.07, 6.45) is 2.46. The quantitative estimate of drug-likeness (QED) is 0.693. The highest BCUT2D eigenvalue weighted by Gasteiger charge is 2.25. The van der Waals surface area contributed by atoms with Crippen LogP contribution < -0.4 is 4.90 Å². The average Bonchev–Trinajstić information content (AvgIpc) is 3.10. The maximum atomic E-state index is 14.7. The van der Waals surface area contributed by atoms with Gasteiger partial charge in [0.25, 0.3) is 5.91 Å². The van der Waals surface area contributed by atoms with Gasteiger partial charge in [0.05, 0.1) is 6.20 Å². The highest BCUT2D eigenvalue weighted by Crippen LogP contribution is 2.28. The van der Waals surface area contributed by atoms with Crippen molar-refractivity contribution in [2.24, 2.45) is 0 Å². The first-order valence-electron chi connectivity index (χ1n) is 8.44. The maximum absolute atomic E-state index is 14.7. The number of aryl methyl sites for hydroxylation is 2. The molecule has 1 aliphatic heterocycles. The van der Waals surface area contributed by atoms with Crippen molar-refractivity contribution in [1.82, 2.24) is 9.78 Å². The topological polar surface area (TPSA) is 38.1 Å². The molecule has 0 fully saturated rings. The number of benzene rings is 2. The molecule has 0 bridgehead atoms. The number of nitrogens with zero attached hydrogens (tertiary/aromatic N) is 3. The van der Waals surface area contributed by atoms with Crippen LogP contribution in [0.3, 0.4) is 0 Å². The van der Waals surface area contributed by atoms with Crippen LogP contribution in [0.2, 0.25) is 0 Å². The average molecular weight is 353 g/mol. The van der Waals surface area contributed by atoms with Crippen molar-refractivity contribution in [3.8, 4) is 11.1 Å². The first-order valence-corrected chi connectivity index (χ1v) is 8.44. The Balaban J connectivity index is 1.68. The van der Waals surface area contributed by atoms with Crippen LogP contribution in [-0.4, -0.2) is 22.2 Å². The van der Waals surface area contributed by atoms with Gasteiger partial charge < -0.3 is 0 Å². The molecule has 0 saturated carbocycles. The Labute approximate surface area is 149 Å². The minimum atomic E-state index is -0.504. The minimum Gasteiger partial charge on any atom is -0.293 e. The van der Waals surface area contributed by atoms with Gasteiger partial charge in [-0.3, -0.25) is 9.69 Å². The molecule has 4 rings (SSSR count). The molecule has 0 N–H and O–H groups in total. The van der Waals surface area contributed by atoms with E-state index in [2.05, 4.69) is 5.10 Å². The van der Waals surface area contributed by atoms with Crippen molar-refractivity contribution in [3.05, 3.63) is 71.4 Å². The van der Waals surface area contributed by atoms with Crippen LogP contribution in [0.5, 0.6) is 0 Å². The van der Waals surface area contributed by atoms with E-state index >= 15 is 0 Å². The number of hydrogen-bond donors (Lipinski definition) is 0. The van der Waals surface area contributed by atoms with Gasteiger partial charge in [0.1, 0.15) is 17.5 Å². The Hall–Kier alpha value is -3.02. The third-order valence-electron chi connectivity index (χ3n) is 4.66. The van der Waals surface area contributed by atoms with Gasteiger partial charge in [-0.05, 0) is 48.7 Å². The molecule has 6 heteroatoms. The first kappa shape index (κ1) is 16.4. The maximum Gasteiger partial charge on any atom is 0.259 e. The molecule has 0 spiro atoms. The third kappa shape index (κ3) is 2.77. The molecule has 1 aromatic heterocycles. The van der Waals surface area contributed by atoms with Crippen LogP contribution in [0.15, 0.2) is 48.7 Å². The zero-order valence-electron chi connectivity index (χ0n) is 14.2. The Morgan fingerprint density at radius 3 is 2.62 bits per heavy atom. The molecule has 0 atom stereocenters. The van der Waals surface area contributed by atoms with E-state index in [1.54, 1.807) is 47.0 Å². The summed E-state index contributed by atoms with van der Waals surface area (Å²) in [5, 5.41) is 4.19. The fourth-order valence-corrected chi connectivity index (χ4v) is 3.38. The van der Waals surface area contributed by atoms with Crippen LogP contribution in [0.1, 0.15) is 22.3 Å². The van der Waals surface area contributed by atoms with Crippen molar-refractivity contribution >= 4 is 11.7 Å². The van der Waals surface area contributed by atoms with Gasteiger partial charge in [-0.15, -0.1) is 0 Å². The number of rotatable bonds is 2. The van der Waals surface area contributed by atoms with Crippen molar-refractivity contribution in [2.75, 3.05) is 11.4 Å². The summed E-state index contributed by atoms with van der Waals surface area (Å²) in [6.45, 7) is 3.07. The number of carbonyl (C=O) groups excluding carboxylic acids is 1. The van der Waals surface area contributed by atoms with Crippen LogP contribution >= 0.6 is 0 Å². The predicted octanol–water partition coefficient (Wildman–Crippen LogP) is 4.19. The molecule has 2 heterocycles. The Bertz CT molecular complexity index is 996. The molecule has 0 unspecified atom stereocenters. The van der Waals surface area contributed by atoms with E-state index in [0.29, 0.717) is 23.2 Å². The number of carbonyl (C=O) groups is 1. The molecule has 3 aromatic rings. The van der Waals surface area contributed by atoms with Crippen LogP contribution in [0, 0.1) is 18.6 Å². The zero-order valence-corrected chi connectivity index (χ0v) is 14.2. The highest BCUT2D eigenvalue weighted by atomic mass is 19.1. The molecular weight excluding hydrogens is 336 g/mol. The molecule has 0 aliphatic carbocycles. The lowest BCUT2D eigenvalue weighted by Crippen LogP contribution is -2.37. The van der Waals surface area contributed by atoms with Crippen molar-refractivity contribution < 1.29 is 13.6 Å². The van der Waals surface area contributed by atoms with Gasteiger partial charge in [-0.2, -0.15) is 5.10 Å². The minimum absolute atomic E-state index is 0.257. The normalized spacial score (nSPS) is 13.6. The number of anilines is 1. The third-order valence-corrected chi connectivity index (χ3v) is 4.66. The van der Waals surface area contributed by atoms with Crippen molar-refractivity contribution in [3.63, 3.8) is 0 Å². The SMILES string of the molecule is Cc1cc(F)ccc1-c1ccc(C(=O)N2CCCn3nccc32)cc1F. The fraction of sp³-hybridized carbons (Fsp3) is 0.200. The van der Waals surface area contributed by atoms with E-state index in [1.165, 1.54) is 18.2 Å². The second kappa shape index (κ2) is 6.37. The standard InChI is InChI=1S/C20H17F2N3O/c1-13-11-15(21)4-6-16(13)17-5-3-14(12-18(17)22)20(26)24-9-2-10-25-19(24)7-8-23-25/h3-8,11-12H,2,9-10H2,1H3. The number of amides is 1. The molecule has 4 nitrogen and oxygen atoms in total. The number of hydrogen-bond acceptors (Lipinski definition) is 2. The van der Waals surface area contributed by atoms with Gasteiger partial charge in [-0.25, -0.2) is 13.5 Å². The summed E-state index contributed by atoms with van der Waals surface area (Å²) >= 11 is 0. The van der Waals surface area contributed by atoms with Crippen LogP contribution in [-0.2, 0) is 6.54 Å². The second-order valence-corrected chi connectivity index (χ2v) is 6.38. The molecule has 26 heavy (non-hydrogen) atoms. The lowest BCUT2D eigenvalue weighted by molar-refractivity contribution is 0.0981. The Kier molecular flexibility index (Phi) is 4.03. The van der Waals surface area contributed by atoms with Gasteiger partial charge in [0.2, 0.25) is 0 Å². The number of fused-ring (bicyclic) bond motifs is 1. The summed E-state index contributed by atoms with van der Waals surface area (Å²) in [4.78, 5) is 14.5. The lowest BCUT2D eigenvalue weighted by Gasteiger charge is -2.27. The summed E-state index contributed by atoms with van der Waals surface area (Å²) < 4.78 is 29.8. The number of halogens is 2. The molecule has 0 radical (unpaired) electrons. The molecule has 132 valence electrons. The summed E-state index contributed by atoms with van der Waals surface area (Å²) in [5.74, 6) is -0.399. The van der Waals surface area contributed by atoms with E-state index in [1.807, 2.05) is 0 Å². The first-order chi connectivity index (χ1) is 12.5. The molecule has 1 amide bonds. The van der Waals surface area contributed by atoms with Crippen LogP contribution in [0.4, 0.5) is 14.6 Å². The number of aromatic nitrogens is 2. The smallest absolute Gasteiger partial charge is 0.259 e. The van der Waals surface area contributed by atoms with E-state index in [9.17, 15) is 13.6 Å². The zero-order chi connectivity index (χ0) is 18.3. The Morgan fingerprint density at radius 1 is 1.04 bits per heavy atom. The predicted molar refractivity (Wildman–Crippen MR) is 95.1 cm³/mol. The van der Waals surface area contributed by atoms with Crippen molar-refractivity contribution in [1.29, 1.82) is 0 Å². The van der Waals surface area contributed by atoms with Gasteiger partial charge in [-0.1, -0.05) is 12.1 Å². The van der Waals surface area contributed by atoms with Crippen molar-refractivity contribution in [2.45, 2.75) is 19.9 Å². The molecule has 0 saturated heterocycles. The van der Waals surface area contributed by atoms with E-state index < -0.39 is 5.82 Å². The van der Waals surface area contributed by atoms with Crippen LogP contribution in [0.25, 0.3) is 11.1 Å². The van der Waals surface area contributed by atoms with E-state index in [4.69, 9.17) is 0 Å². The summed E-state index contributed by atoms with van der Waals surface area (Å²) in [7, 11) is 0. The van der Waals surface area contributed by atoms with Gasteiger partial charge >= 0.3 is 0 Å². The van der Waals surface area contributed by atoms with Gasteiger partial charge in [0, 0.05) is 30.3 Å². The summed E-state index contributed by atoms with van der Waals surface area (Å²) in [6, 6.07) is 10.4. The van der Waals surface area contributed by atoms with E-state index in [-0.39, 0.29) is 17.3 Å². The molecular formula is C20H17F2N3O. The highest BCUT2D eigenvalue weighted by molar-refractivity contribution is 6.06. The van der Waals surface area contributed by atoms with E-state index in [0.717, 1.165) is 18.8 Å². The lowest BCUT2D eigenvalue weighted by atomic mass is 9.98. The largest absolute Gasteiger partial charge is 0.293 e. The molecule has 2 aromatic carbocycles. The Morgan fingerprint density at radius 2 is 1.85 bits per heavy atom. The second-order valence-electron chi connectivity index (χ2n) is 6.38. The summed E-state index contributed by atoms with van der Waals surface area (Å²) in [5.41, 5.74) is 1.88. The monoisotopic (exact) mass is 353 g/mol. The fourth-order valence-electron chi connectivity index (χ4n) is 3.38.